The summed E-state index contributed by atoms with van der Waals surface area (Å²) >= 11 is 0. The summed E-state index contributed by atoms with van der Waals surface area (Å²) in [4.78, 5) is 11.1. The molecule has 0 aliphatic rings. The minimum Gasteiger partial charge on any atom is -0.481 e. The van der Waals surface area contributed by atoms with Crippen molar-refractivity contribution in [2.24, 2.45) is 11.8 Å². The molecule has 0 saturated carbocycles. The molecule has 0 amide bonds. The van der Waals surface area contributed by atoms with Crippen molar-refractivity contribution in [3.8, 4) is 0 Å². The van der Waals surface area contributed by atoms with E-state index in [4.69, 9.17) is 9.84 Å². The molecule has 0 radical (unpaired) electrons. The third-order valence-electron chi connectivity index (χ3n) is 3.23. The van der Waals surface area contributed by atoms with Crippen molar-refractivity contribution >= 4 is 5.97 Å². The summed E-state index contributed by atoms with van der Waals surface area (Å²) in [5, 5.41) is 9.13. The smallest absolute Gasteiger partial charge is 0.306 e. The first kappa shape index (κ1) is 17.4. The zero-order chi connectivity index (χ0) is 13.8. The zero-order valence-electron chi connectivity index (χ0n) is 12.3. The molecule has 0 bridgehead atoms. The molecule has 108 valence electrons. The molecule has 1 atom stereocenters. The Kier molecular flexibility index (Phi) is 11.2. The Labute approximate surface area is 112 Å². The van der Waals surface area contributed by atoms with E-state index in [-0.39, 0.29) is 5.92 Å². The first-order valence-electron chi connectivity index (χ1n) is 7.38. The second-order valence-corrected chi connectivity index (χ2v) is 5.41. The standard InChI is InChI=1S/C15H30O3/c1-4-18-12-8-11-14(15(16)17)10-7-5-6-9-13(2)3/h13-14H,4-12H2,1-3H3,(H,16,17). The fourth-order valence-corrected chi connectivity index (χ4v) is 2.09. The van der Waals surface area contributed by atoms with Gasteiger partial charge in [-0.15, -0.1) is 0 Å². The number of carboxylic acid groups (broad SMARTS) is 1. The second kappa shape index (κ2) is 11.5. The van der Waals surface area contributed by atoms with Gasteiger partial charge in [-0.1, -0.05) is 39.5 Å². The SMILES string of the molecule is CCOCCCC(CCCCCC(C)C)C(=O)O. The van der Waals surface area contributed by atoms with Crippen molar-refractivity contribution in [3.63, 3.8) is 0 Å². The molecule has 0 aliphatic carbocycles. The summed E-state index contributed by atoms with van der Waals surface area (Å²) in [5.74, 6) is -0.0636. The molecule has 0 saturated heterocycles. The van der Waals surface area contributed by atoms with Crippen molar-refractivity contribution in [3.05, 3.63) is 0 Å². The first-order valence-corrected chi connectivity index (χ1v) is 7.38. The Hall–Kier alpha value is -0.570. The molecule has 0 rings (SSSR count). The van der Waals surface area contributed by atoms with Crippen LogP contribution in [0.15, 0.2) is 0 Å². The quantitative estimate of drug-likeness (QED) is 0.536. The molecule has 0 aromatic rings. The summed E-state index contributed by atoms with van der Waals surface area (Å²) in [6.07, 6.45) is 7.10. The number of aliphatic carboxylic acids is 1. The van der Waals surface area contributed by atoms with Gasteiger partial charge >= 0.3 is 5.97 Å². The van der Waals surface area contributed by atoms with Gasteiger partial charge in [0.25, 0.3) is 0 Å². The summed E-state index contributed by atoms with van der Waals surface area (Å²) in [6, 6.07) is 0. The maximum absolute atomic E-state index is 11.1. The molecule has 0 aromatic heterocycles. The lowest BCUT2D eigenvalue weighted by Gasteiger charge is -2.12. The van der Waals surface area contributed by atoms with Crippen molar-refractivity contribution < 1.29 is 14.6 Å². The highest BCUT2D eigenvalue weighted by molar-refractivity contribution is 5.69. The van der Waals surface area contributed by atoms with Crippen molar-refractivity contribution in [1.82, 2.24) is 0 Å². The van der Waals surface area contributed by atoms with Gasteiger partial charge in [0.2, 0.25) is 0 Å². The maximum atomic E-state index is 11.1. The number of rotatable bonds is 12. The third-order valence-corrected chi connectivity index (χ3v) is 3.23. The Balaban J connectivity index is 3.60. The monoisotopic (exact) mass is 258 g/mol. The van der Waals surface area contributed by atoms with E-state index in [0.29, 0.717) is 13.2 Å². The Morgan fingerprint density at radius 1 is 1.06 bits per heavy atom. The van der Waals surface area contributed by atoms with E-state index in [0.717, 1.165) is 38.0 Å². The van der Waals surface area contributed by atoms with E-state index in [1.54, 1.807) is 0 Å². The highest BCUT2D eigenvalue weighted by Crippen LogP contribution is 2.17. The normalized spacial score (nSPS) is 12.9. The van der Waals surface area contributed by atoms with Gasteiger partial charge in [0.15, 0.2) is 0 Å². The van der Waals surface area contributed by atoms with E-state index in [1.807, 2.05) is 6.92 Å². The molecular formula is C15H30O3. The van der Waals surface area contributed by atoms with Crippen molar-refractivity contribution in [1.29, 1.82) is 0 Å². The highest BCUT2D eigenvalue weighted by Gasteiger charge is 2.16. The van der Waals surface area contributed by atoms with Crippen LogP contribution in [0, 0.1) is 11.8 Å². The molecule has 3 heteroatoms. The molecule has 3 nitrogen and oxygen atoms in total. The van der Waals surface area contributed by atoms with Gasteiger partial charge in [0, 0.05) is 13.2 Å². The molecule has 18 heavy (non-hydrogen) atoms. The van der Waals surface area contributed by atoms with Crippen LogP contribution in [0.5, 0.6) is 0 Å². The third kappa shape index (κ3) is 10.6. The molecule has 0 aromatic carbocycles. The lowest BCUT2D eigenvalue weighted by Crippen LogP contribution is -2.14. The van der Waals surface area contributed by atoms with Crippen molar-refractivity contribution in [2.75, 3.05) is 13.2 Å². The number of carboxylic acids is 1. The number of unbranched alkanes of at least 4 members (excludes halogenated alkanes) is 2. The molecule has 0 spiro atoms. The van der Waals surface area contributed by atoms with Crippen LogP contribution < -0.4 is 0 Å². The largest absolute Gasteiger partial charge is 0.481 e. The van der Waals surface area contributed by atoms with Gasteiger partial charge in [-0.3, -0.25) is 4.79 Å². The van der Waals surface area contributed by atoms with Gasteiger partial charge in [0.1, 0.15) is 0 Å². The zero-order valence-corrected chi connectivity index (χ0v) is 12.3. The summed E-state index contributed by atoms with van der Waals surface area (Å²) in [7, 11) is 0. The van der Waals surface area contributed by atoms with Gasteiger partial charge < -0.3 is 9.84 Å². The molecule has 0 heterocycles. The summed E-state index contributed by atoms with van der Waals surface area (Å²) < 4.78 is 5.24. The van der Waals surface area contributed by atoms with E-state index >= 15 is 0 Å². The lowest BCUT2D eigenvalue weighted by molar-refractivity contribution is -0.142. The fraction of sp³-hybridized carbons (Fsp3) is 0.933. The Morgan fingerprint density at radius 3 is 2.22 bits per heavy atom. The predicted molar refractivity (Wildman–Crippen MR) is 74.8 cm³/mol. The minimum absolute atomic E-state index is 0.176. The van der Waals surface area contributed by atoms with Crippen LogP contribution in [0.25, 0.3) is 0 Å². The summed E-state index contributed by atoms with van der Waals surface area (Å²) in [6.45, 7) is 7.82. The fourth-order valence-electron chi connectivity index (χ4n) is 2.09. The number of hydrogen-bond acceptors (Lipinski definition) is 2. The Bertz CT molecular complexity index is 202. The van der Waals surface area contributed by atoms with Gasteiger partial charge in [-0.05, 0) is 32.1 Å². The number of hydrogen-bond donors (Lipinski definition) is 1. The topological polar surface area (TPSA) is 46.5 Å². The van der Waals surface area contributed by atoms with E-state index in [1.165, 1.54) is 12.8 Å². The van der Waals surface area contributed by atoms with Gasteiger partial charge in [0.05, 0.1) is 5.92 Å². The maximum Gasteiger partial charge on any atom is 0.306 e. The predicted octanol–water partition coefficient (Wildman–Crippen LogP) is 4.11. The lowest BCUT2D eigenvalue weighted by atomic mass is 9.95. The van der Waals surface area contributed by atoms with Gasteiger partial charge in [-0.25, -0.2) is 0 Å². The van der Waals surface area contributed by atoms with Crippen LogP contribution >= 0.6 is 0 Å². The molecule has 0 fully saturated rings. The second-order valence-electron chi connectivity index (χ2n) is 5.41. The van der Waals surface area contributed by atoms with E-state index in [9.17, 15) is 4.79 Å². The van der Waals surface area contributed by atoms with Crippen LogP contribution in [-0.4, -0.2) is 24.3 Å². The van der Waals surface area contributed by atoms with Crippen molar-refractivity contribution in [2.45, 2.75) is 65.7 Å². The molecule has 0 aliphatic heterocycles. The van der Waals surface area contributed by atoms with Crippen LogP contribution in [0.3, 0.4) is 0 Å². The summed E-state index contributed by atoms with van der Waals surface area (Å²) in [5.41, 5.74) is 0. The minimum atomic E-state index is -0.643. The first-order chi connectivity index (χ1) is 8.57. The number of ether oxygens (including phenoxy) is 1. The highest BCUT2D eigenvalue weighted by atomic mass is 16.5. The molecular weight excluding hydrogens is 228 g/mol. The average molecular weight is 258 g/mol. The van der Waals surface area contributed by atoms with Crippen LogP contribution in [-0.2, 0) is 9.53 Å². The van der Waals surface area contributed by atoms with Crippen LogP contribution in [0.1, 0.15) is 65.7 Å². The molecule has 1 unspecified atom stereocenters. The number of carbonyl (C=O) groups is 1. The molecule has 1 N–H and O–H groups in total. The van der Waals surface area contributed by atoms with E-state index in [2.05, 4.69) is 13.8 Å². The van der Waals surface area contributed by atoms with Crippen LogP contribution in [0.2, 0.25) is 0 Å². The average Bonchev–Trinajstić information content (AvgIpc) is 2.30. The Morgan fingerprint density at radius 2 is 1.67 bits per heavy atom. The van der Waals surface area contributed by atoms with Gasteiger partial charge in [-0.2, -0.15) is 0 Å². The van der Waals surface area contributed by atoms with E-state index < -0.39 is 5.97 Å². The van der Waals surface area contributed by atoms with Crippen LogP contribution in [0.4, 0.5) is 0 Å².